The molecule has 2 aromatic heterocycles. The lowest BCUT2D eigenvalue weighted by molar-refractivity contribution is -0.384. The standard InChI is InChI=1S/C17H15F3N6O3/c1-8-12(7-11-9(2)24-25(3)15(11)21-8)16(27)23-22-13-5-4-10(17(18,19)20)6-14(13)26(28)29/h4-7,22H,1-3H3,(H,23,27). The molecule has 152 valence electrons. The van der Waals surface area contributed by atoms with Crippen LogP contribution >= 0.6 is 0 Å². The highest BCUT2D eigenvalue weighted by Crippen LogP contribution is 2.34. The molecule has 2 heterocycles. The number of anilines is 1. The molecule has 0 saturated heterocycles. The Morgan fingerprint density at radius 3 is 2.52 bits per heavy atom. The van der Waals surface area contributed by atoms with Crippen molar-refractivity contribution in [2.45, 2.75) is 20.0 Å². The number of fused-ring (bicyclic) bond motifs is 1. The van der Waals surface area contributed by atoms with Crippen molar-refractivity contribution in [3.05, 3.63) is 56.9 Å². The van der Waals surface area contributed by atoms with Crippen LogP contribution in [0.3, 0.4) is 0 Å². The molecule has 29 heavy (non-hydrogen) atoms. The molecule has 0 fully saturated rings. The maximum Gasteiger partial charge on any atom is 0.416 e. The van der Waals surface area contributed by atoms with Crippen molar-refractivity contribution in [3.8, 4) is 0 Å². The Bertz CT molecular complexity index is 1140. The fourth-order valence-corrected chi connectivity index (χ4v) is 2.82. The highest BCUT2D eigenvalue weighted by molar-refractivity contribution is 5.99. The summed E-state index contributed by atoms with van der Waals surface area (Å²) in [5, 5.41) is 16.0. The minimum atomic E-state index is -4.73. The van der Waals surface area contributed by atoms with Crippen LogP contribution in [0.25, 0.3) is 11.0 Å². The van der Waals surface area contributed by atoms with Crippen LogP contribution in [-0.4, -0.2) is 25.6 Å². The van der Waals surface area contributed by atoms with E-state index in [2.05, 4.69) is 20.9 Å². The van der Waals surface area contributed by atoms with E-state index in [9.17, 15) is 28.1 Å². The molecule has 12 heteroatoms. The molecule has 0 aliphatic carbocycles. The minimum Gasteiger partial charge on any atom is -0.292 e. The van der Waals surface area contributed by atoms with Crippen LogP contribution in [0.1, 0.15) is 27.3 Å². The average Bonchev–Trinajstić information content (AvgIpc) is 2.91. The molecule has 0 aliphatic heterocycles. The number of hydrazine groups is 1. The van der Waals surface area contributed by atoms with E-state index in [1.807, 2.05) is 0 Å². The lowest BCUT2D eigenvalue weighted by Crippen LogP contribution is -2.30. The molecular weight excluding hydrogens is 393 g/mol. The van der Waals surface area contributed by atoms with E-state index in [0.29, 0.717) is 34.6 Å². The van der Waals surface area contributed by atoms with E-state index in [1.165, 1.54) is 0 Å². The Morgan fingerprint density at radius 1 is 1.21 bits per heavy atom. The van der Waals surface area contributed by atoms with Gasteiger partial charge in [-0.25, -0.2) is 4.98 Å². The number of nitrogens with zero attached hydrogens (tertiary/aromatic N) is 4. The third-order valence-corrected chi connectivity index (χ3v) is 4.27. The molecule has 3 aromatic rings. The summed E-state index contributed by atoms with van der Waals surface area (Å²) < 4.78 is 39.9. The van der Waals surface area contributed by atoms with Crippen LogP contribution in [0.2, 0.25) is 0 Å². The van der Waals surface area contributed by atoms with Gasteiger partial charge in [-0.15, -0.1) is 0 Å². The predicted octanol–water partition coefficient (Wildman–Crippen LogP) is 3.27. The number of nitro groups is 1. The average molecular weight is 408 g/mol. The van der Waals surface area contributed by atoms with Crippen molar-refractivity contribution < 1.29 is 22.9 Å². The second-order valence-electron chi connectivity index (χ2n) is 6.27. The summed E-state index contributed by atoms with van der Waals surface area (Å²) in [6, 6.07) is 3.53. The monoisotopic (exact) mass is 408 g/mol. The number of amides is 1. The maximum absolute atomic E-state index is 12.8. The summed E-state index contributed by atoms with van der Waals surface area (Å²) in [4.78, 5) is 27.0. The Hall–Kier alpha value is -3.70. The highest BCUT2D eigenvalue weighted by Gasteiger charge is 2.33. The van der Waals surface area contributed by atoms with Gasteiger partial charge in [-0.3, -0.25) is 30.4 Å². The second kappa shape index (κ2) is 7.04. The van der Waals surface area contributed by atoms with Gasteiger partial charge in [0, 0.05) is 18.5 Å². The van der Waals surface area contributed by atoms with Gasteiger partial charge in [0.2, 0.25) is 0 Å². The van der Waals surface area contributed by atoms with E-state index < -0.39 is 28.3 Å². The lowest BCUT2D eigenvalue weighted by Gasteiger charge is -2.12. The largest absolute Gasteiger partial charge is 0.416 e. The summed E-state index contributed by atoms with van der Waals surface area (Å²) in [6.07, 6.45) is -4.73. The van der Waals surface area contributed by atoms with Crippen LogP contribution in [0.4, 0.5) is 24.5 Å². The first-order valence-corrected chi connectivity index (χ1v) is 8.22. The van der Waals surface area contributed by atoms with E-state index in [-0.39, 0.29) is 11.3 Å². The number of hydrogen-bond donors (Lipinski definition) is 2. The number of rotatable bonds is 4. The molecule has 0 atom stereocenters. The smallest absolute Gasteiger partial charge is 0.292 e. The Balaban J connectivity index is 1.87. The molecule has 1 amide bonds. The summed E-state index contributed by atoms with van der Waals surface area (Å²) in [7, 11) is 1.72. The zero-order chi connectivity index (χ0) is 21.5. The number of carbonyl (C=O) groups is 1. The maximum atomic E-state index is 12.8. The van der Waals surface area contributed by atoms with Crippen LogP contribution in [0.5, 0.6) is 0 Å². The molecule has 0 bridgehead atoms. The van der Waals surface area contributed by atoms with Gasteiger partial charge in [-0.1, -0.05) is 0 Å². The van der Waals surface area contributed by atoms with Gasteiger partial charge in [0.1, 0.15) is 5.69 Å². The SMILES string of the molecule is Cc1nc2c(cc1C(=O)NNc1ccc(C(F)(F)F)cc1[N+](=O)[O-])c(C)nn2C. The van der Waals surface area contributed by atoms with Gasteiger partial charge in [0.05, 0.1) is 27.4 Å². The van der Waals surface area contributed by atoms with E-state index >= 15 is 0 Å². The predicted molar refractivity (Wildman–Crippen MR) is 97.2 cm³/mol. The number of nitrogens with one attached hydrogen (secondary N) is 2. The fraction of sp³-hybridized carbons (Fsp3) is 0.235. The highest BCUT2D eigenvalue weighted by atomic mass is 19.4. The van der Waals surface area contributed by atoms with Gasteiger partial charge < -0.3 is 0 Å². The van der Waals surface area contributed by atoms with E-state index in [1.54, 1.807) is 31.6 Å². The number of halogens is 3. The Morgan fingerprint density at radius 2 is 1.90 bits per heavy atom. The number of carbonyl (C=O) groups excluding carboxylic acids is 1. The van der Waals surface area contributed by atoms with Crippen molar-refractivity contribution in [1.82, 2.24) is 20.2 Å². The number of hydrogen-bond acceptors (Lipinski definition) is 6. The molecule has 9 nitrogen and oxygen atoms in total. The molecule has 0 radical (unpaired) electrons. The summed E-state index contributed by atoms with van der Waals surface area (Å²) in [6.45, 7) is 3.36. The zero-order valence-corrected chi connectivity index (χ0v) is 15.5. The first-order chi connectivity index (χ1) is 13.5. The van der Waals surface area contributed by atoms with Crippen molar-refractivity contribution >= 4 is 28.3 Å². The number of aromatic nitrogens is 3. The van der Waals surface area contributed by atoms with Crippen molar-refractivity contribution in [2.24, 2.45) is 7.05 Å². The summed E-state index contributed by atoms with van der Waals surface area (Å²) in [5.74, 6) is -0.658. The summed E-state index contributed by atoms with van der Waals surface area (Å²) in [5.41, 5.74) is 4.11. The zero-order valence-electron chi connectivity index (χ0n) is 15.5. The Labute approximate surface area is 161 Å². The van der Waals surface area contributed by atoms with Gasteiger partial charge in [0.15, 0.2) is 5.65 Å². The molecular formula is C17H15F3N6O3. The fourth-order valence-electron chi connectivity index (χ4n) is 2.82. The van der Waals surface area contributed by atoms with E-state index in [0.717, 1.165) is 6.07 Å². The summed E-state index contributed by atoms with van der Waals surface area (Å²) >= 11 is 0. The number of benzene rings is 1. The Kier molecular flexibility index (Phi) is 4.86. The second-order valence-corrected chi connectivity index (χ2v) is 6.27. The van der Waals surface area contributed by atoms with Crippen molar-refractivity contribution in [2.75, 3.05) is 5.43 Å². The topological polar surface area (TPSA) is 115 Å². The lowest BCUT2D eigenvalue weighted by atomic mass is 10.1. The number of alkyl halides is 3. The first-order valence-electron chi connectivity index (χ1n) is 8.22. The third kappa shape index (κ3) is 3.81. The molecule has 0 saturated carbocycles. The molecule has 3 rings (SSSR count). The molecule has 0 aliphatic rings. The molecule has 2 N–H and O–H groups in total. The normalized spacial score (nSPS) is 11.5. The van der Waals surface area contributed by atoms with Gasteiger partial charge in [-0.05, 0) is 32.0 Å². The number of aryl methyl sites for hydroxylation is 3. The van der Waals surface area contributed by atoms with Crippen LogP contribution in [0, 0.1) is 24.0 Å². The minimum absolute atomic E-state index is 0.190. The number of pyridine rings is 1. The van der Waals surface area contributed by atoms with E-state index in [4.69, 9.17) is 0 Å². The van der Waals surface area contributed by atoms with Gasteiger partial charge in [-0.2, -0.15) is 18.3 Å². The number of nitro benzene ring substituents is 1. The molecule has 0 spiro atoms. The van der Waals surface area contributed by atoms with Gasteiger partial charge in [0.25, 0.3) is 11.6 Å². The van der Waals surface area contributed by atoms with Crippen molar-refractivity contribution in [3.63, 3.8) is 0 Å². The molecule has 0 unspecified atom stereocenters. The first kappa shape index (κ1) is 20.0. The van der Waals surface area contributed by atoms with Crippen LogP contribution in [-0.2, 0) is 13.2 Å². The quantitative estimate of drug-likeness (QED) is 0.506. The van der Waals surface area contributed by atoms with Gasteiger partial charge >= 0.3 is 6.18 Å². The van der Waals surface area contributed by atoms with Crippen LogP contribution < -0.4 is 10.9 Å². The van der Waals surface area contributed by atoms with Crippen molar-refractivity contribution in [1.29, 1.82) is 0 Å². The van der Waals surface area contributed by atoms with Crippen LogP contribution in [0.15, 0.2) is 24.3 Å². The third-order valence-electron chi connectivity index (χ3n) is 4.27. The molecule has 1 aromatic carbocycles.